The van der Waals surface area contributed by atoms with Gasteiger partial charge in [-0.3, -0.25) is 4.79 Å². The number of rotatable bonds is 1. The third-order valence-electron chi connectivity index (χ3n) is 9.48. The van der Waals surface area contributed by atoms with Gasteiger partial charge >= 0.3 is 5.97 Å². The Balaban J connectivity index is 1.66. The Morgan fingerprint density at radius 2 is 1.76 bits per heavy atom. The number of ether oxygens (including phenoxy) is 1. The molecule has 6 heteroatoms. The lowest BCUT2D eigenvalue weighted by atomic mass is 9.43. The molecule has 0 aromatic rings. The lowest BCUT2D eigenvalue weighted by Gasteiger charge is -2.63. The van der Waals surface area contributed by atoms with Crippen molar-refractivity contribution in [1.82, 2.24) is 0 Å². The van der Waals surface area contributed by atoms with Gasteiger partial charge in [0.1, 0.15) is 6.10 Å². The van der Waals surface area contributed by atoms with Gasteiger partial charge in [0.2, 0.25) is 0 Å². The van der Waals surface area contributed by atoms with Gasteiger partial charge in [-0.15, -0.1) is 6.42 Å². The summed E-state index contributed by atoms with van der Waals surface area (Å²) in [4.78, 5) is 11.4. The molecule has 0 aliphatic heterocycles. The fourth-order valence-corrected chi connectivity index (χ4v) is 7.87. The fourth-order valence-electron chi connectivity index (χ4n) is 7.87. The molecule has 4 aliphatic carbocycles. The Hall–Kier alpha value is -1.13. The number of esters is 1. The molecule has 0 amide bonds. The number of fused-ring (bicyclic) bond motifs is 5. The van der Waals surface area contributed by atoms with Gasteiger partial charge in [0.05, 0.1) is 18.3 Å². The Bertz CT molecular complexity index is 731. The molecule has 0 spiro atoms. The monoisotopic (exact) mass is 406 g/mol. The highest BCUT2D eigenvalue weighted by Gasteiger charge is 2.69. The quantitative estimate of drug-likeness (QED) is 0.386. The standard InChI is InChI=1S/C23H34O6/c1-5-23(28)18(26)11-14-19-13(6-9-22(14,23)4)21(3)8-7-17(29-12(2)24)20(27)15(21)10-16(19)25/h1,13-20,25-28H,6-11H2,2-4H3/t13-,14-,15?,16-,17-,18+,19+,20+,21+,22-,23+/m0/s1. The van der Waals surface area contributed by atoms with Crippen LogP contribution in [0, 0.1) is 46.8 Å². The number of aliphatic hydroxyl groups is 4. The van der Waals surface area contributed by atoms with E-state index >= 15 is 0 Å². The van der Waals surface area contributed by atoms with Crippen LogP contribution in [0.4, 0.5) is 0 Å². The zero-order valence-electron chi connectivity index (χ0n) is 17.5. The summed E-state index contributed by atoms with van der Waals surface area (Å²) in [5, 5.41) is 43.9. The Labute approximate surface area is 172 Å². The SMILES string of the molecule is C#C[C@@]1(O)[C@H](O)C[C@H]2[C@@H]3[C@@H](O)CC4[C@@H](O)[C@@H](OC(C)=O)CC[C@]4(C)[C@H]3CC[C@@]21C. The van der Waals surface area contributed by atoms with Crippen molar-refractivity contribution in [3.8, 4) is 12.3 Å². The Morgan fingerprint density at radius 3 is 2.38 bits per heavy atom. The lowest BCUT2D eigenvalue weighted by Crippen LogP contribution is -2.63. The molecule has 162 valence electrons. The minimum Gasteiger partial charge on any atom is -0.460 e. The second-order valence-corrected chi connectivity index (χ2v) is 10.5. The van der Waals surface area contributed by atoms with Crippen LogP contribution in [0.5, 0.6) is 0 Å². The van der Waals surface area contributed by atoms with Crippen molar-refractivity contribution in [1.29, 1.82) is 0 Å². The summed E-state index contributed by atoms with van der Waals surface area (Å²) < 4.78 is 5.35. The maximum absolute atomic E-state index is 11.4. The van der Waals surface area contributed by atoms with Gasteiger partial charge in [0.25, 0.3) is 0 Å². The van der Waals surface area contributed by atoms with Crippen LogP contribution < -0.4 is 0 Å². The van der Waals surface area contributed by atoms with Gasteiger partial charge in [0, 0.05) is 12.3 Å². The molecule has 0 aromatic carbocycles. The molecular weight excluding hydrogens is 372 g/mol. The smallest absolute Gasteiger partial charge is 0.302 e. The van der Waals surface area contributed by atoms with Crippen LogP contribution >= 0.6 is 0 Å². The molecule has 4 saturated carbocycles. The second kappa shape index (κ2) is 6.68. The summed E-state index contributed by atoms with van der Waals surface area (Å²) in [6.45, 7) is 5.50. The average Bonchev–Trinajstić information content (AvgIpc) is 2.86. The average molecular weight is 407 g/mol. The minimum absolute atomic E-state index is 0.0755. The van der Waals surface area contributed by atoms with Crippen LogP contribution in [0.15, 0.2) is 0 Å². The number of terminal acetylenes is 1. The molecule has 4 N–H and O–H groups in total. The first-order valence-electron chi connectivity index (χ1n) is 10.9. The molecule has 29 heavy (non-hydrogen) atoms. The van der Waals surface area contributed by atoms with E-state index in [9.17, 15) is 25.2 Å². The molecule has 0 heterocycles. The van der Waals surface area contributed by atoms with E-state index in [4.69, 9.17) is 11.2 Å². The second-order valence-electron chi connectivity index (χ2n) is 10.5. The largest absolute Gasteiger partial charge is 0.460 e. The van der Waals surface area contributed by atoms with Crippen molar-refractivity contribution in [2.75, 3.05) is 0 Å². The Morgan fingerprint density at radius 1 is 1.07 bits per heavy atom. The van der Waals surface area contributed by atoms with Crippen molar-refractivity contribution in [3.05, 3.63) is 0 Å². The van der Waals surface area contributed by atoms with E-state index < -0.39 is 41.4 Å². The summed E-state index contributed by atoms with van der Waals surface area (Å²) in [6, 6.07) is 0. The molecule has 1 unspecified atom stereocenters. The van der Waals surface area contributed by atoms with Crippen LogP contribution in [0.3, 0.4) is 0 Å². The zero-order valence-corrected chi connectivity index (χ0v) is 17.5. The molecule has 4 rings (SSSR count). The Kier molecular flexibility index (Phi) is 4.87. The highest BCUT2D eigenvalue weighted by Crippen LogP contribution is 2.68. The molecule has 0 bridgehead atoms. The van der Waals surface area contributed by atoms with E-state index in [1.807, 2.05) is 6.92 Å². The molecule has 0 radical (unpaired) electrons. The zero-order chi connectivity index (χ0) is 21.4. The van der Waals surface area contributed by atoms with Gasteiger partial charge < -0.3 is 25.2 Å². The van der Waals surface area contributed by atoms with Gasteiger partial charge in [-0.2, -0.15) is 0 Å². The van der Waals surface area contributed by atoms with Crippen LogP contribution in [-0.2, 0) is 9.53 Å². The highest BCUT2D eigenvalue weighted by molar-refractivity contribution is 5.66. The van der Waals surface area contributed by atoms with E-state index in [0.29, 0.717) is 25.7 Å². The van der Waals surface area contributed by atoms with Crippen LogP contribution in [0.25, 0.3) is 0 Å². The predicted octanol–water partition coefficient (Wildman–Crippen LogP) is 1.24. The fraction of sp³-hybridized carbons (Fsp3) is 0.870. The maximum atomic E-state index is 11.4. The summed E-state index contributed by atoms with van der Waals surface area (Å²) in [7, 11) is 0. The molecular formula is C23H34O6. The van der Waals surface area contributed by atoms with Crippen LogP contribution in [-0.4, -0.2) is 56.4 Å². The maximum Gasteiger partial charge on any atom is 0.302 e. The lowest BCUT2D eigenvalue weighted by molar-refractivity contribution is -0.218. The third-order valence-corrected chi connectivity index (χ3v) is 9.48. The predicted molar refractivity (Wildman–Crippen MR) is 105 cm³/mol. The third kappa shape index (κ3) is 2.67. The number of carbonyl (C=O) groups is 1. The first kappa shape index (κ1) is 21.1. The van der Waals surface area contributed by atoms with Crippen molar-refractivity contribution < 1.29 is 30.0 Å². The van der Waals surface area contributed by atoms with Gasteiger partial charge in [-0.25, -0.2) is 0 Å². The van der Waals surface area contributed by atoms with Gasteiger partial charge in [-0.1, -0.05) is 19.8 Å². The number of aliphatic hydroxyl groups excluding tert-OH is 3. The van der Waals surface area contributed by atoms with E-state index in [0.717, 1.165) is 12.8 Å². The van der Waals surface area contributed by atoms with Crippen LogP contribution in [0.2, 0.25) is 0 Å². The number of hydrogen-bond donors (Lipinski definition) is 4. The summed E-state index contributed by atoms with van der Waals surface area (Å²) in [5.74, 6) is 1.93. The summed E-state index contributed by atoms with van der Waals surface area (Å²) >= 11 is 0. The first-order valence-corrected chi connectivity index (χ1v) is 10.9. The van der Waals surface area contributed by atoms with Gasteiger partial charge in [0.15, 0.2) is 5.60 Å². The molecule has 0 aromatic heterocycles. The normalized spacial score (nSPS) is 56.5. The van der Waals surface area contributed by atoms with E-state index in [-0.39, 0.29) is 29.1 Å². The van der Waals surface area contributed by atoms with Crippen molar-refractivity contribution in [2.24, 2.45) is 34.5 Å². The van der Waals surface area contributed by atoms with E-state index in [2.05, 4.69) is 12.8 Å². The molecule has 11 atom stereocenters. The van der Waals surface area contributed by atoms with E-state index in [1.165, 1.54) is 6.92 Å². The van der Waals surface area contributed by atoms with Crippen molar-refractivity contribution in [2.45, 2.75) is 89.3 Å². The molecule has 6 nitrogen and oxygen atoms in total. The molecule has 0 saturated heterocycles. The number of carbonyl (C=O) groups excluding carboxylic acids is 1. The first-order chi connectivity index (χ1) is 13.5. The molecule has 4 aliphatic rings. The van der Waals surface area contributed by atoms with Crippen molar-refractivity contribution in [3.63, 3.8) is 0 Å². The number of hydrogen-bond acceptors (Lipinski definition) is 6. The summed E-state index contributed by atoms with van der Waals surface area (Å²) in [5.41, 5.74) is -2.41. The van der Waals surface area contributed by atoms with E-state index in [1.54, 1.807) is 0 Å². The minimum atomic E-state index is -1.58. The van der Waals surface area contributed by atoms with Gasteiger partial charge in [-0.05, 0) is 67.6 Å². The summed E-state index contributed by atoms with van der Waals surface area (Å²) in [6.07, 6.45) is 6.37. The van der Waals surface area contributed by atoms with Crippen LogP contribution in [0.1, 0.15) is 59.3 Å². The molecule has 4 fully saturated rings. The van der Waals surface area contributed by atoms with Crippen molar-refractivity contribution >= 4 is 5.97 Å². The highest BCUT2D eigenvalue weighted by atomic mass is 16.6. The topological polar surface area (TPSA) is 107 Å².